The van der Waals surface area contributed by atoms with E-state index < -0.39 is 20.0 Å². The second-order valence-electron chi connectivity index (χ2n) is 6.00. The van der Waals surface area contributed by atoms with Crippen molar-refractivity contribution in [3.63, 3.8) is 0 Å². The zero-order chi connectivity index (χ0) is 19.4. The van der Waals surface area contributed by atoms with Crippen molar-refractivity contribution in [2.75, 3.05) is 11.8 Å². The highest BCUT2D eigenvalue weighted by Crippen LogP contribution is 2.20. The Hall–Kier alpha value is -2.16. The molecule has 0 unspecified atom stereocenters. The van der Waals surface area contributed by atoms with Crippen molar-refractivity contribution >= 4 is 31.8 Å². The lowest BCUT2D eigenvalue weighted by atomic mass is 10.2. The molecule has 0 heterocycles. The Labute approximate surface area is 155 Å². The van der Waals surface area contributed by atoms with E-state index in [4.69, 9.17) is 0 Å². The van der Waals surface area contributed by atoms with Crippen LogP contribution in [-0.2, 0) is 20.0 Å². The van der Waals surface area contributed by atoms with Gasteiger partial charge in [-0.1, -0.05) is 30.3 Å². The van der Waals surface area contributed by atoms with Gasteiger partial charge in [-0.3, -0.25) is 4.72 Å². The minimum Gasteiger partial charge on any atom is -0.280 e. The molecule has 2 aromatic carbocycles. The smallest absolute Gasteiger partial charge is 0.255 e. The maximum Gasteiger partial charge on any atom is 0.255 e. The summed E-state index contributed by atoms with van der Waals surface area (Å²) in [4.78, 5) is 0.108. The molecule has 0 amide bonds. The molecule has 0 atom stereocenters. The van der Waals surface area contributed by atoms with Crippen LogP contribution in [-0.4, -0.2) is 34.2 Å². The number of hydrogen-bond acceptors (Lipinski definition) is 4. The molecule has 8 heteroatoms. The minimum atomic E-state index is -3.70. The topological polar surface area (TPSA) is 83.6 Å². The molecule has 0 aliphatic heterocycles. The number of nitrogens with zero attached hydrogens (tertiary/aromatic N) is 1. The van der Waals surface area contributed by atoms with Crippen molar-refractivity contribution in [3.05, 3.63) is 65.6 Å². The first-order valence-electron chi connectivity index (χ1n) is 7.96. The highest BCUT2D eigenvalue weighted by atomic mass is 32.2. The van der Waals surface area contributed by atoms with Crippen LogP contribution in [0.2, 0.25) is 0 Å². The van der Waals surface area contributed by atoms with Gasteiger partial charge in [-0.25, -0.2) is 16.8 Å². The third-order valence-electron chi connectivity index (χ3n) is 3.76. The second kappa shape index (κ2) is 8.03. The van der Waals surface area contributed by atoms with Crippen LogP contribution in [0.4, 0.5) is 5.69 Å². The molecular weight excluding hydrogens is 372 g/mol. The fraction of sp³-hybridized carbons (Fsp3) is 0.222. The summed E-state index contributed by atoms with van der Waals surface area (Å²) < 4.78 is 52.7. The SMILES string of the molecule is CC(C)N(C)S(=O)(=O)c1ccc(NS(=O)(=O)/C=C/c2ccccc2)cc1. The fourth-order valence-electron chi connectivity index (χ4n) is 2.07. The third kappa shape index (κ3) is 5.17. The molecule has 0 saturated heterocycles. The molecule has 0 aliphatic carbocycles. The summed E-state index contributed by atoms with van der Waals surface area (Å²) in [5.74, 6) is 0. The molecule has 1 N–H and O–H groups in total. The summed E-state index contributed by atoms with van der Waals surface area (Å²) in [5, 5.41) is 1.07. The minimum absolute atomic E-state index is 0.108. The predicted octanol–water partition coefficient (Wildman–Crippen LogP) is 3.13. The van der Waals surface area contributed by atoms with Gasteiger partial charge in [0, 0.05) is 18.8 Å². The molecule has 6 nitrogen and oxygen atoms in total. The lowest BCUT2D eigenvalue weighted by Gasteiger charge is -2.21. The average molecular weight is 395 g/mol. The maximum atomic E-state index is 12.4. The number of hydrogen-bond donors (Lipinski definition) is 1. The van der Waals surface area contributed by atoms with Crippen molar-refractivity contribution in [2.45, 2.75) is 24.8 Å². The predicted molar refractivity (Wildman–Crippen MR) is 105 cm³/mol. The van der Waals surface area contributed by atoms with Gasteiger partial charge in [-0.2, -0.15) is 4.31 Å². The summed E-state index contributed by atoms with van der Waals surface area (Å²) in [5.41, 5.74) is 1.05. The Morgan fingerprint density at radius 3 is 2.04 bits per heavy atom. The Morgan fingerprint density at radius 2 is 1.50 bits per heavy atom. The second-order valence-corrected chi connectivity index (χ2v) is 9.56. The first-order valence-corrected chi connectivity index (χ1v) is 10.9. The lowest BCUT2D eigenvalue weighted by Crippen LogP contribution is -2.33. The van der Waals surface area contributed by atoms with E-state index >= 15 is 0 Å². The molecule has 2 rings (SSSR count). The third-order valence-corrected chi connectivity index (χ3v) is 6.82. The van der Waals surface area contributed by atoms with Crippen molar-refractivity contribution in [1.82, 2.24) is 4.31 Å². The summed E-state index contributed by atoms with van der Waals surface area (Å²) in [6.45, 7) is 3.55. The number of benzene rings is 2. The van der Waals surface area contributed by atoms with Crippen LogP contribution in [0.5, 0.6) is 0 Å². The average Bonchev–Trinajstić information content (AvgIpc) is 2.60. The Balaban J connectivity index is 2.15. The van der Waals surface area contributed by atoms with Crippen molar-refractivity contribution < 1.29 is 16.8 Å². The van der Waals surface area contributed by atoms with Gasteiger partial charge in [-0.15, -0.1) is 0 Å². The van der Waals surface area contributed by atoms with Crippen LogP contribution >= 0.6 is 0 Å². The van der Waals surface area contributed by atoms with Crippen LogP contribution in [0.1, 0.15) is 19.4 Å². The molecule has 2 aromatic rings. The van der Waals surface area contributed by atoms with E-state index in [0.717, 1.165) is 11.0 Å². The van der Waals surface area contributed by atoms with Gasteiger partial charge in [0.15, 0.2) is 0 Å². The molecule has 0 bridgehead atoms. The van der Waals surface area contributed by atoms with Crippen LogP contribution in [0, 0.1) is 0 Å². The number of sulfonamides is 2. The summed E-state index contributed by atoms with van der Waals surface area (Å²) in [7, 11) is -5.80. The molecule has 0 fully saturated rings. The van der Waals surface area contributed by atoms with Gasteiger partial charge in [-0.05, 0) is 49.8 Å². The zero-order valence-electron chi connectivity index (χ0n) is 14.8. The number of nitrogens with one attached hydrogen (secondary N) is 1. The van der Waals surface area contributed by atoms with E-state index in [0.29, 0.717) is 0 Å². The normalized spacial score (nSPS) is 12.8. The number of anilines is 1. The van der Waals surface area contributed by atoms with E-state index in [1.54, 1.807) is 26.0 Å². The molecule has 0 radical (unpaired) electrons. The van der Waals surface area contributed by atoms with E-state index in [1.807, 2.05) is 18.2 Å². The van der Waals surface area contributed by atoms with Crippen molar-refractivity contribution in [3.8, 4) is 0 Å². The Kier molecular flexibility index (Phi) is 6.22. The summed E-state index contributed by atoms with van der Waals surface area (Å²) in [6.07, 6.45) is 1.48. The molecule has 0 aromatic heterocycles. The Bertz CT molecular complexity index is 966. The number of rotatable bonds is 7. The van der Waals surface area contributed by atoms with Crippen molar-refractivity contribution in [2.24, 2.45) is 0 Å². The molecular formula is C18H22N2O4S2. The molecule has 0 aliphatic rings. The van der Waals surface area contributed by atoms with Crippen molar-refractivity contribution in [1.29, 1.82) is 0 Å². The molecule has 0 saturated carbocycles. The van der Waals surface area contributed by atoms with Crippen LogP contribution in [0.25, 0.3) is 6.08 Å². The van der Waals surface area contributed by atoms with Crippen LogP contribution < -0.4 is 4.72 Å². The summed E-state index contributed by atoms with van der Waals surface area (Å²) in [6, 6.07) is 14.5. The van der Waals surface area contributed by atoms with E-state index in [-0.39, 0.29) is 16.6 Å². The zero-order valence-corrected chi connectivity index (χ0v) is 16.5. The highest BCUT2D eigenvalue weighted by Gasteiger charge is 2.22. The van der Waals surface area contributed by atoms with Crippen LogP contribution in [0.3, 0.4) is 0 Å². The fourth-order valence-corrected chi connectivity index (χ4v) is 4.31. The van der Waals surface area contributed by atoms with Gasteiger partial charge in [0.05, 0.1) is 10.3 Å². The van der Waals surface area contributed by atoms with Gasteiger partial charge >= 0.3 is 0 Å². The standard InChI is InChI=1S/C18H22N2O4S2/c1-15(2)20(3)26(23,24)18-11-9-17(10-12-18)19-25(21,22)14-13-16-7-5-4-6-8-16/h4-15,19H,1-3H3/b14-13+. The first-order chi connectivity index (χ1) is 12.1. The largest absolute Gasteiger partial charge is 0.280 e. The first kappa shape index (κ1) is 20.2. The molecule has 26 heavy (non-hydrogen) atoms. The van der Waals surface area contributed by atoms with Gasteiger partial charge < -0.3 is 0 Å². The summed E-state index contributed by atoms with van der Waals surface area (Å²) >= 11 is 0. The van der Waals surface area contributed by atoms with Gasteiger partial charge in [0.1, 0.15) is 0 Å². The van der Waals surface area contributed by atoms with E-state index in [2.05, 4.69) is 4.72 Å². The quantitative estimate of drug-likeness (QED) is 0.782. The monoisotopic (exact) mass is 394 g/mol. The van der Waals surface area contributed by atoms with Gasteiger partial charge in [0.25, 0.3) is 10.0 Å². The highest BCUT2D eigenvalue weighted by molar-refractivity contribution is 7.95. The molecule has 0 spiro atoms. The van der Waals surface area contributed by atoms with E-state index in [1.165, 1.54) is 41.7 Å². The lowest BCUT2D eigenvalue weighted by molar-refractivity contribution is 0.410. The maximum absolute atomic E-state index is 12.4. The molecule has 140 valence electrons. The Morgan fingerprint density at radius 1 is 0.923 bits per heavy atom. The van der Waals surface area contributed by atoms with Crippen LogP contribution in [0.15, 0.2) is 64.9 Å². The van der Waals surface area contributed by atoms with Gasteiger partial charge in [0.2, 0.25) is 10.0 Å². The van der Waals surface area contributed by atoms with E-state index in [9.17, 15) is 16.8 Å².